The lowest BCUT2D eigenvalue weighted by atomic mass is 9.85. The van der Waals surface area contributed by atoms with Crippen molar-refractivity contribution in [2.75, 3.05) is 7.05 Å². The summed E-state index contributed by atoms with van der Waals surface area (Å²) in [6.07, 6.45) is 1.24. The molecule has 1 N–H and O–H groups in total. The van der Waals surface area contributed by atoms with Crippen LogP contribution in [0.2, 0.25) is 0 Å². The zero-order chi connectivity index (χ0) is 16.0. The summed E-state index contributed by atoms with van der Waals surface area (Å²) < 4.78 is 0. The average molecular weight is 291 g/mol. The Balaban J connectivity index is 2.59. The third kappa shape index (κ3) is 5.98. The van der Waals surface area contributed by atoms with Crippen LogP contribution in [0.5, 0.6) is 0 Å². The van der Waals surface area contributed by atoms with Crippen LogP contribution in [0, 0.1) is 5.41 Å². The lowest BCUT2D eigenvalue weighted by Crippen LogP contribution is -2.31. The number of aliphatic carboxylic acids is 1. The second kappa shape index (κ2) is 7.25. The number of carboxylic acid groups (broad SMARTS) is 1. The van der Waals surface area contributed by atoms with Gasteiger partial charge in [-0.2, -0.15) is 0 Å². The molecule has 1 aromatic carbocycles. The predicted molar refractivity (Wildman–Crippen MR) is 82.9 cm³/mol. The van der Waals surface area contributed by atoms with Crippen LogP contribution < -0.4 is 0 Å². The minimum atomic E-state index is -0.870. The first-order chi connectivity index (χ1) is 9.73. The molecule has 0 heterocycles. The Bertz CT molecular complexity index is 491. The fraction of sp³-hybridized carbons (Fsp3) is 0.529. The molecule has 116 valence electrons. The van der Waals surface area contributed by atoms with Crippen molar-refractivity contribution in [3.8, 4) is 0 Å². The van der Waals surface area contributed by atoms with Crippen LogP contribution in [0.15, 0.2) is 24.3 Å². The Morgan fingerprint density at radius 3 is 2.10 bits per heavy atom. The van der Waals surface area contributed by atoms with Gasteiger partial charge in [0.2, 0.25) is 5.91 Å². The number of hydrogen-bond acceptors (Lipinski definition) is 2. The van der Waals surface area contributed by atoms with E-state index in [4.69, 9.17) is 5.11 Å². The summed E-state index contributed by atoms with van der Waals surface area (Å²) in [7, 11) is 1.76. The van der Waals surface area contributed by atoms with Gasteiger partial charge in [-0.25, -0.2) is 0 Å². The van der Waals surface area contributed by atoms with Crippen molar-refractivity contribution >= 4 is 11.9 Å². The van der Waals surface area contributed by atoms with Crippen LogP contribution in [0.25, 0.3) is 0 Å². The molecule has 0 spiro atoms. The van der Waals surface area contributed by atoms with Crippen molar-refractivity contribution in [2.45, 2.75) is 46.6 Å². The maximum Gasteiger partial charge on any atom is 0.303 e. The number of carbonyl (C=O) groups excluding carboxylic acids is 1. The molecule has 21 heavy (non-hydrogen) atoms. The van der Waals surface area contributed by atoms with E-state index in [2.05, 4.69) is 19.1 Å². The molecule has 1 aromatic rings. The first-order valence-electron chi connectivity index (χ1n) is 7.27. The monoisotopic (exact) mass is 291 g/mol. The number of carbonyl (C=O) groups is 2. The minimum absolute atomic E-state index is 0.00221. The number of carboxylic acids is 1. The summed E-state index contributed by atoms with van der Waals surface area (Å²) in [5.41, 5.74) is 1.83. The number of amides is 1. The molecule has 0 unspecified atom stereocenters. The van der Waals surface area contributed by atoms with Gasteiger partial charge in [0.1, 0.15) is 0 Å². The van der Waals surface area contributed by atoms with Gasteiger partial charge in [-0.05, 0) is 23.0 Å². The molecule has 0 atom stereocenters. The first-order valence-corrected chi connectivity index (χ1v) is 7.27. The van der Waals surface area contributed by atoms with Crippen LogP contribution in [-0.2, 0) is 22.6 Å². The van der Waals surface area contributed by atoms with Gasteiger partial charge in [0.15, 0.2) is 0 Å². The largest absolute Gasteiger partial charge is 0.481 e. The third-order valence-electron chi connectivity index (χ3n) is 3.54. The van der Waals surface area contributed by atoms with E-state index in [-0.39, 0.29) is 18.7 Å². The van der Waals surface area contributed by atoms with Crippen molar-refractivity contribution in [1.82, 2.24) is 4.90 Å². The van der Waals surface area contributed by atoms with Crippen molar-refractivity contribution in [2.24, 2.45) is 5.41 Å². The molecule has 0 saturated heterocycles. The number of aryl methyl sites for hydroxylation is 1. The second-order valence-corrected chi connectivity index (χ2v) is 6.33. The summed E-state index contributed by atoms with van der Waals surface area (Å²) in [6.45, 7) is 6.27. The highest BCUT2D eigenvalue weighted by Crippen LogP contribution is 2.26. The molecule has 1 amide bonds. The third-order valence-corrected chi connectivity index (χ3v) is 3.54. The molecule has 0 aliphatic rings. The molecule has 0 aliphatic heterocycles. The van der Waals surface area contributed by atoms with E-state index in [0.29, 0.717) is 6.54 Å². The van der Waals surface area contributed by atoms with E-state index in [1.807, 2.05) is 26.0 Å². The number of benzene rings is 1. The van der Waals surface area contributed by atoms with E-state index >= 15 is 0 Å². The average Bonchev–Trinajstić information content (AvgIpc) is 2.37. The smallest absolute Gasteiger partial charge is 0.303 e. The normalized spacial score (nSPS) is 11.2. The first kappa shape index (κ1) is 17.2. The SMILES string of the molecule is CCc1ccc(CN(C)C(=O)CC(C)(C)CC(=O)O)cc1. The maximum atomic E-state index is 12.2. The van der Waals surface area contributed by atoms with Gasteiger partial charge in [0.05, 0.1) is 6.42 Å². The Morgan fingerprint density at radius 1 is 1.10 bits per heavy atom. The molecule has 4 heteroatoms. The summed E-state index contributed by atoms with van der Waals surface area (Å²) in [4.78, 5) is 24.7. The minimum Gasteiger partial charge on any atom is -0.481 e. The van der Waals surface area contributed by atoms with Crippen LogP contribution in [0.3, 0.4) is 0 Å². The lowest BCUT2D eigenvalue weighted by molar-refractivity contribution is -0.140. The molecule has 1 rings (SSSR count). The van der Waals surface area contributed by atoms with Crippen molar-refractivity contribution in [3.05, 3.63) is 35.4 Å². The van der Waals surface area contributed by atoms with Crippen LogP contribution in [-0.4, -0.2) is 28.9 Å². The molecule has 0 saturated carbocycles. The van der Waals surface area contributed by atoms with Crippen molar-refractivity contribution < 1.29 is 14.7 Å². The van der Waals surface area contributed by atoms with Gasteiger partial charge in [0, 0.05) is 20.0 Å². The Labute approximate surface area is 126 Å². The molecule has 4 nitrogen and oxygen atoms in total. The number of hydrogen-bond donors (Lipinski definition) is 1. The fourth-order valence-electron chi connectivity index (χ4n) is 2.26. The maximum absolute atomic E-state index is 12.2. The van der Waals surface area contributed by atoms with E-state index in [1.54, 1.807) is 11.9 Å². The summed E-state index contributed by atoms with van der Waals surface area (Å²) in [5.74, 6) is -0.897. The number of nitrogens with zero attached hydrogens (tertiary/aromatic N) is 1. The fourth-order valence-corrected chi connectivity index (χ4v) is 2.26. The van der Waals surface area contributed by atoms with Gasteiger partial charge in [0.25, 0.3) is 0 Å². The van der Waals surface area contributed by atoms with Gasteiger partial charge in [-0.15, -0.1) is 0 Å². The van der Waals surface area contributed by atoms with Crippen molar-refractivity contribution in [1.29, 1.82) is 0 Å². The molecule has 0 radical (unpaired) electrons. The zero-order valence-electron chi connectivity index (χ0n) is 13.3. The van der Waals surface area contributed by atoms with Crippen LogP contribution >= 0.6 is 0 Å². The molecule has 0 fully saturated rings. The Hall–Kier alpha value is -1.84. The van der Waals surface area contributed by atoms with Gasteiger partial charge in [-0.3, -0.25) is 9.59 Å². The van der Waals surface area contributed by atoms with Gasteiger partial charge in [-0.1, -0.05) is 45.0 Å². The van der Waals surface area contributed by atoms with E-state index < -0.39 is 11.4 Å². The highest BCUT2D eigenvalue weighted by atomic mass is 16.4. The lowest BCUT2D eigenvalue weighted by Gasteiger charge is -2.25. The summed E-state index contributed by atoms with van der Waals surface area (Å²) in [5, 5.41) is 8.86. The summed E-state index contributed by atoms with van der Waals surface area (Å²) in [6, 6.07) is 8.21. The standard InChI is InChI=1S/C17H25NO3/c1-5-13-6-8-14(9-7-13)12-18(4)15(19)10-17(2,3)11-16(20)21/h6-9H,5,10-12H2,1-4H3,(H,20,21). The Kier molecular flexibility index (Phi) is 5.94. The molecular formula is C17H25NO3. The predicted octanol–water partition coefficient (Wildman–Crippen LogP) is 3.10. The molecule has 0 bridgehead atoms. The zero-order valence-corrected chi connectivity index (χ0v) is 13.3. The van der Waals surface area contributed by atoms with Crippen molar-refractivity contribution in [3.63, 3.8) is 0 Å². The summed E-state index contributed by atoms with van der Waals surface area (Å²) >= 11 is 0. The van der Waals surface area contributed by atoms with Crippen LogP contribution in [0.1, 0.15) is 44.7 Å². The second-order valence-electron chi connectivity index (χ2n) is 6.33. The van der Waals surface area contributed by atoms with Gasteiger partial charge < -0.3 is 10.0 Å². The quantitative estimate of drug-likeness (QED) is 0.840. The topological polar surface area (TPSA) is 57.6 Å². The molecule has 0 aliphatic carbocycles. The molecular weight excluding hydrogens is 266 g/mol. The van der Waals surface area contributed by atoms with E-state index in [9.17, 15) is 9.59 Å². The Morgan fingerprint density at radius 2 is 1.62 bits per heavy atom. The van der Waals surface area contributed by atoms with Crippen LogP contribution in [0.4, 0.5) is 0 Å². The van der Waals surface area contributed by atoms with Gasteiger partial charge >= 0.3 is 5.97 Å². The number of rotatable bonds is 7. The molecule has 0 aromatic heterocycles. The van der Waals surface area contributed by atoms with E-state index in [0.717, 1.165) is 12.0 Å². The highest BCUT2D eigenvalue weighted by Gasteiger charge is 2.26. The van der Waals surface area contributed by atoms with E-state index in [1.165, 1.54) is 5.56 Å². The highest BCUT2D eigenvalue weighted by molar-refractivity contribution is 5.77.